The van der Waals surface area contributed by atoms with Gasteiger partial charge in [0.2, 0.25) is 5.09 Å². The largest absolute Gasteiger partial charge is 0.481 e. The number of amides is 1. The first-order valence-corrected chi connectivity index (χ1v) is 7.73. The lowest BCUT2D eigenvalue weighted by molar-refractivity contribution is -0.137. The van der Waals surface area contributed by atoms with Crippen molar-refractivity contribution in [2.75, 3.05) is 13.6 Å². The predicted octanol–water partition coefficient (Wildman–Crippen LogP) is 0.513. The van der Waals surface area contributed by atoms with E-state index in [-0.39, 0.29) is 29.9 Å². The lowest BCUT2D eigenvalue weighted by Crippen LogP contribution is -2.38. The van der Waals surface area contributed by atoms with Crippen LogP contribution < -0.4 is 4.72 Å². The zero-order valence-corrected chi connectivity index (χ0v) is 12.8. The summed E-state index contributed by atoms with van der Waals surface area (Å²) in [6, 6.07) is 2.18. The summed E-state index contributed by atoms with van der Waals surface area (Å²) in [7, 11) is -2.54. The van der Waals surface area contributed by atoms with Gasteiger partial charge in [0.1, 0.15) is 0 Å². The summed E-state index contributed by atoms with van der Waals surface area (Å²) in [5.74, 6) is -1.72. The molecule has 2 N–H and O–H groups in total. The summed E-state index contributed by atoms with van der Waals surface area (Å²) in [4.78, 5) is 24.2. The van der Waals surface area contributed by atoms with E-state index in [0.717, 1.165) is 0 Å². The van der Waals surface area contributed by atoms with Crippen molar-refractivity contribution in [1.82, 2.24) is 9.62 Å². The molecule has 1 aromatic rings. The summed E-state index contributed by atoms with van der Waals surface area (Å²) < 4.78 is 30.2. The van der Waals surface area contributed by atoms with Crippen molar-refractivity contribution in [1.29, 1.82) is 0 Å². The van der Waals surface area contributed by atoms with Crippen LogP contribution in [0.25, 0.3) is 0 Å². The second kappa shape index (κ2) is 6.72. The van der Waals surface area contributed by atoms with Crippen LogP contribution in [0.4, 0.5) is 0 Å². The molecule has 0 aromatic carbocycles. The number of aliphatic carboxylic acids is 1. The Morgan fingerprint density at radius 3 is 2.48 bits per heavy atom. The van der Waals surface area contributed by atoms with Crippen molar-refractivity contribution in [3.05, 3.63) is 17.9 Å². The zero-order chi connectivity index (χ0) is 16.2. The number of carboxylic acids is 1. The number of carbonyl (C=O) groups excluding carboxylic acids is 1. The van der Waals surface area contributed by atoms with Crippen molar-refractivity contribution in [3.63, 3.8) is 0 Å². The number of nitrogens with one attached hydrogen (secondary N) is 1. The van der Waals surface area contributed by atoms with Crippen LogP contribution >= 0.6 is 0 Å². The van der Waals surface area contributed by atoms with Gasteiger partial charge in [-0.2, -0.15) is 0 Å². The smallest absolute Gasteiger partial charge is 0.305 e. The van der Waals surface area contributed by atoms with Crippen LogP contribution in [-0.2, 0) is 14.8 Å². The molecule has 0 spiro atoms. The minimum Gasteiger partial charge on any atom is -0.481 e. The first-order valence-electron chi connectivity index (χ1n) is 6.25. The van der Waals surface area contributed by atoms with E-state index < -0.39 is 21.9 Å². The highest BCUT2D eigenvalue weighted by Crippen LogP contribution is 2.16. The number of furan rings is 1. The summed E-state index contributed by atoms with van der Waals surface area (Å²) in [5, 5.41) is 8.32. The van der Waals surface area contributed by atoms with Gasteiger partial charge in [0.15, 0.2) is 5.76 Å². The number of hydrogen-bond acceptors (Lipinski definition) is 5. The first kappa shape index (κ1) is 17.2. The summed E-state index contributed by atoms with van der Waals surface area (Å²) in [6.07, 6.45) is -0.202. The number of nitrogens with zero attached hydrogens (tertiary/aromatic N) is 1. The van der Waals surface area contributed by atoms with Gasteiger partial charge in [-0.3, -0.25) is 9.59 Å². The Kier molecular flexibility index (Phi) is 5.50. The minimum absolute atomic E-state index is 0.0145. The molecule has 0 atom stereocenters. The summed E-state index contributed by atoms with van der Waals surface area (Å²) in [6.45, 7) is 3.47. The number of sulfonamides is 1. The lowest BCUT2D eigenvalue weighted by atomic mass is 10.2. The molecule has 21 heavy (non-hydrogen) atoms. The van der Waals surface area contributed by atoms with E-state index in [1.54, 1.807) is 13.8 Å². The van der Waals surface area contributed by atoms with Gasteiger partial charge < -0.3 is 14.4 Å². The second-order valence-corrected chi connectivity index (χ2v) is 6.38. The predicted molar refractivity (Wildman–Crippen MR) is 73.4 cm³/mol. The van der Waals surface area contributed by atoms with E-state index in [0.29, 0.717) is 0 Å². The molecule has 1 rings (SSSR count). The van der Waals surface area contributed by atoms with Gasteiger partial charge in [-0.25, -0.2) is 13.1 Å². The third kappa shape index (κ3) is 4.30. The highest BCUT2D eigenvalue weighted by Gasteiger charge is 2.25. The second-order valence-electron chi connectivity index (χ2n) is 4.56. The number of hydrogen-bond donors (Lipinski definition) is 2. The molecule has 1 aromatic heterocycles. The monoisotopic (exact) mass is 318 g/mol. The van der Waals surface area contributed by atoms with Crippen molar-refractivity contribution in [2.24, 2.45) is 0 Å². The third-order valence-corrected chi connectivity index (χ3v) is 4.06. The van der Waals surface area contributed by atoms with Gasteiger partial charge in [0.05, 0.1) is 6.42 Å². The molecule has 0 saturated heterocycles. The maximum Gasteiger partial charge on any atom is 0.305 e. The Balaban J connectivity index is 2.97. The van der Waals surface area contributed by atoms with Gasteiger partial charge >= 0.3 is 5.97 Å². The Morgan fingerprint density at radius 2 is 2.00 bits per heavy atom. The van der Waals surface area contributed by atoms with Crippen LogP contribution in [-0.4, -0.2) is 49.9 Å². The van der Waals surface area contributed by atoms with Crippen LogP contribution in [0.1, 0.15) is 30.8 Å². The van der Waals surface area contributed by atoms with Crippen LogP contribution in [0.15, 0.2) is 21.6 Å². The van der Waals surface area contributed by atoms with E-state index in [9.17, 15) is 18.0 Å². The summed E-state index contributed by atoms with van der Waals surface area (Å²) in [5.41, 5.74) is 0. The lowest BCUT2D eigenvalue weighted by Gasteiger charge is -2.25. The van der Waals surface area contributed by atoms with Gasteiger partial charge in [0.25, 0.3) is 15.9 Å². The quantitative estimate of drug-likeness (QED) is 0.756. The minimum atomic E-state index is -3.76. The Hall–Kier alpha value is -1.87. The fraction of sp³-hybridized carbons (Fsp3) is 0.500. The highest BCUT2D eigenvalue weighted by atomic mass is 32.2. The molecule has 0 saturated carbocycles. The van der Waals surface area contributed by atoms with Crippen molar-refractivity contribution < 1.29 is 27.5 Å². The Bertz CT molecular complexity index is 619. The van der Waals surface area contributed by atoms with Crippen LogP contribution in [0.2, 0.25) is 0 Å². The van der Waals surface area contributed by atoms with Crippen molar-refractivity contribution in [3.8, 4) is 0 Å². The summed E-state index contributed by atoms with van der Waals surface area (Å²) >= 11 is 0. The molecule has 0 radical (unpaired) electrons. The molecule has 9 heteroatoms. The van der Waals surface area contributed by atoms with Crippen LogP contribution in [0.3, 0.4) is 0 Å². The first-order chi connectivity index (χ1) is 9.69. The molecule has 118 valence electrons. The normalized spacial score (nSPS) is 11.6. The number of carboxylic acid groups (broad SMARTS) is 1. The molecule has 8 nitrogen and oxygen atoms in total. The topological polar surface area (TPSA) is 117 Å². The molecular weight excluding hydrogens is 300 g/mol. The molecule has 0 aliphatic heterocycles. The Labute approximate surface area is 122 Å². The van der Waals surface area contributed by atoms with Crippen LogP contribution in [0.5, 0.6) is 0 Å². The van der Waals surface area contributed by atoms with Gasteiger partial charge in [-0.15, -0.1) is 0 Å². The SMILES string of the molecule is CNS(=O)(=O)c1ccc(C(=O)N(CCC(=O)O)C(C)C)o1. The van der Waals surface area contributed by atoms with E-state index in [4.69, 9.17) is 9.52 Å². The average molecular weight is 318 g/mol. The Morgan fingerprint density at radius 1 is 1.38 bits per heavy atom. The van der Waals surface area contributed by atoms with Gasteiger partial charge in [-0.1, -0.05) is 0 Å². The molecule has 1 amide bonds. The maximum atomic E-state index is 12.3. The van der Waals surface area contributed by atoms with E-state index in [1.165, 1.54) is 24.1 Å². The molecular formula is C12H18N2O6S. The van der Waals surface area contributed by atoms with Crippen molar-refractivity contribution in [2.45, 2.75) is 31.4 Å². The molecule has 0 unspecified atom stereocenters. The standard InChI is InChI=1S/C12H18N2O6S/c1-8(2)14(7-6-10(15)16)12(17)9-4-5-11(20-9)21(18,19)13-3/h4-5,8,13H,6-7H2,1-3H3,(H,15,16). The highest BCUT2D eigenvalue weighted by molar-refractivity contribution is 7.89. The number of rotatable bonds is 7. The number of carbonyl (C=O) groups is 2. The maximum absolute atomic E-state index is 12.3. The molecule has 0 bridgehead atoms. The van der Waals surface area contributed by atoms with Crippen molar-refractivity contribution >= 4 is 21.9 Å². The van der Waals surface area contributed by atoms with Gasteiger partial charge in [-0.05, 0) is 33.0 Å². The fourth-order valence-corrected chi connectivity index (χ4v) is 2.28. The molecule has 0 fully saturated rings. The van der Waals surface area contributed by atoms with E-state index >= 15 is 0 Å². The van der Waals surface area contributed by atoms with E-state index in [2.05, 4.69) is 4.72 Å². The molecule has 0 aliphatic rings. The average Bonchev–Trinajstić information content (AvgIpc) is 2.88. The van der Waals surface area contributed by atoms with Gasteiger partial charge in [0, 0.05) is 12.6 Å². The van der Waals surface area contributed by atoms with Crippen LogP contribution in [0, 0.1) is 0 Å². The zero-order valence-electron chi connectivity index (χ0n) is 12.0. The third-order valence-electron chi connectivity index (χ3n) is 2.78. The van der Waals surface area contributed by atoms with E-state index in [1.807, 2.05) is 0 Å². The molecule has 1 heterocycles. The fourth-order valence-electron chi connectivity index (χ4n) is 1.63. The molecule has 0 aliphatic carbocycles.